The molecule has 2 saturated heterocycles. The third kappa shape index (κ3) is 2.83. The number of halogens is 1. The Balaban J connectivity index is 1.60. The van der Waals surface area contributed by atoms with Crippen molar-refractivity contribution in [2.75, 3.05) is 31.6 Å². The second kappa shape index (κ2) is 6.13. The van der Waals surface area contributed by atoms with E-state index in [4.69, 9.17) is 4.74 Å². The second-order valence-electron chi connectivity index (χ2n) is 5.40. The lowest BCUT2D eigenvalue weighted by Gasteiger charge is -2.35. The fourth-order valence-corrected chi connectivity index (χ4v) is 3.47. The Morgan fingerprint density at radius 3 is 3.25 bits per heavy atom. The van der Waals surface area contributed by atoms with Gasteiger partial charge in [-0.3, -0.25) is 4.90 Å². The molecule has 1 N–H and O–H groups in total. The minimum Gasteiger partial charge on any atom is -0.381 e. The minimum atomic E-state index is 0.204. The number of nitrogens with zero attached hydrogens (tertiary/aromatic N) is 2. The Morgan fingerprint density at radius 1 is 1.50 bits per heavy atom. The number of ether oxygens (including phenoxy) is 1. The molecule has 2 heterocycles. The highest BCUT2D eigenvalue weighted by Crippen LogP contribution is 2.25. The summed E-state index contributed by atoms with van der Waals surface area (Å²) in [6.45, 7) is 3.78. The van der Waals surface area contributed by atoms with E-state index in [1.807, 2.05) is 18.2 Å². The standard InChI is InChI=1S/C15H18BrN3O/c16-14-4-1-5-15(13(14)7-17)18-8-12-9-19-6-2-3-11(19)10-20-12/h1,4-5,11-12,18H,2-3,6,8-10H2. The summed E-state index contributed by atoms with van der Waals surface area (Å²) in [7, 11) is 0. The Morgan fingerprint density at radius 2 is 2.40 bits per heavy atom. The van der Waals surface area contributed by atoms with Gasteiger partial charge in [-0.1, -0.05) is 6.07 Å². The summed E-state index contributed by atoms with van der Waals surface area (Å²) in [4.78, 5) is 2.53. The van der Waals surface area contributed by atoms with Crippen molar-refractivity contribution < 1.29 is 4.74 Å². The van der Waals surface area contributed by atoms with Crippen LogP contribution in [0.3, 0.4) is 0 Å². The first kappa shape index (κ1) is 13.9. The predicted octanol–water partition coefficient (Wildman–Crippen LogP) is 2.60. The summed E-state index contributed by atoms with van der Waals surface area (Å²) in [5.74, 6) is 0. The molecule has 0 bridgehead atoms. The zero-order chi connectivity index (χ0) is 13.9. The van der Waals surface area contributed by atoms with Crippen LogP contribution in [-0.4, -0.2) is 43.3 Å². The number of benzene rings is 1. The number of hydrogen-bond donors (Lipinski definition) is 1. The van der Waals surface area contributed by atoms with Crippen molar-refractivity contribution in [3.05, 3.63) is 28.2 Å². The maximum absolute atomic E-state index is 9.20. The van der Waals surface area contributed by atoms with Gasteiger partial charge in [0.25, 0.3) is 0 Å². The summed E-state index contributed by atoms with van der Waals surface area (Å²) in [5.41, 5.74) is 1.52. The van der Waals surface area contributed by atoms with Crippen LogP contribution in [0.15, 0.2) is 22.7 Å². The largest absolute Gasteiger partial charge is 0.381 e. The van der Waals surface area contributed by atoms with Gasteiger partial charge >= 0.3 is 0 Å². The molecule has 1 aromatic rings. The SMILES string of the molecule is N#Cc1c(Br)cccc1NCC1CN2CCCC2CO1. The topological polar surface area (TPSA) is 48.3 Å². The summed E-state index contributed by atoms with van der Waals surface area (Å²) < 4.78 is 6.75. The van der Waals surface area contributed by atoms with Gasteiger partial charge in [-0.05, 0) is 47.4 Å². The molecule has 2 aliphatic rings. The highest BCUT2D eigenvalue weighted by molar-refractivity contribution is 9.10. The number of morpholine rings is 1. The zero-order valence-electron chi connectivity index (χ0n) is 11.3. The number of fused-ring (bicyclic) bond motifs is 1. The molecule has 2 aliphatic heterocycles. The van der Waals surface area contributed by atoms with Gasteiger partial charge in [0.1, 0.15) is 6.07 Å². The van der Waals surface area contributed by atoms with Crippen LogP contribution < -0.4 is 5.32 Å². The molecule has 4 nitrogen and oxygen atoms in total. The maximum atomic E-state index is 9.20. The summed E-state index contributed by atoms with van der Waals surface area (Å²) >= 11 is 3.41. The quantitative estimate of drug-likeness (QED) is 0.922. The van der Waals surface area contributed by atoms with E-state index in [-0.39, 0.29) is 6.10 Å². The lowest BCUT2D eigenvalue weighted by atomic mass is 10.1. The smallest absolute Gasteiger partial charge is 0.103 e. The molecule has 0 aliphatic carbocycles. The van der Waals surface area contributed by atoms with E-state index in [0.29, 0.717) is 11.6 Å². The number of nitriles is 1. The third-order valence-corrected chi connectivity index (χ3v) is 4.77. The Bertz CT molecular complexity index is 528. The highest BCUT2D eigenvalue weighted by atomic mass is 79.9. The number of rotatable bonds is 3. The summed E-state index contributed by atoms with van der Waals surface area (Å²) in [6.07, 6.45) is 2.76. The Hall–Kier alpha value is -1.09. The lowest BCUT2D eigenvalue weighted by Crippen LogP contribution is -2.48. The molecule has 1 aromatic carbocycles. The fraction of sp³-hybridized carbons (Fsp3) is 0.533. The molecule has 0 saturated carbocycles. The van der Waals surface area contributed by atoms with Gasteiger partial charge in [0.2, 0.25) is 0 Å². The van der Waals surface area contributed by atoms with E-state index in [1.54, 1.807) is 0 Å². The first-order valence-electron chi connectivity index (χ1n) is 7.06. The first-order chi connectivity index (χ1) is 9.78. The minimum absolute atomic E-state index is 0.204. The van der Waals surface area contributed by atoms with E-state index in [0.717, 1.165) is 29.9 Å². The summed E-state index contributed by atoms with van der Waals surface area (Å²) in [6, 6.07) is 8.62. The van der Waals surface area contributed by atoms with Crippen molar-refractivity contribution in [1.29, 1.82) is 5.26 Å². The van der Waals surface area contributed by atoms with E-state index >= 15 is 0 Å². The van der Waals surface area contributed by atoms with Gasteiger partial charge in [0, 0.05) is 23.6 Å². The van der Waals surface area contributed by atoms with Crippen molar-refractivity contribution >= 4 is 21.6 Å². The second-order valence-corrected chi connectivity index (χ2v) is 6.26. The zero-order valence-corrected chi connectivity index (χ0v) is 12.9. The van der Waals surface area contributed by atoms with Crippen LogP contribution in [-0.2, 0) is 4.74 Å². The molecular formula is C15H18BrN3O. The molecule has 106 valence electrons. The predicted molar refractivity (Wildman–Crippen MR) is 81.7 cm³/mol. The van der Waals surface area contributed by atoms with Crippen molar-refractivity contribution in [3.63, 3.8) is 0 Å². The van der Waals surface area contributed by atoms with Crippen molar-refractivity contribution in [1.82, 2.24) is 4.90 Å². The fourth-order valence-electron chi connectivity index (χ4n) is 3.02. The normalized spacial score (nSPS) is 26.0. The van der Waals surface area contributed by atoms with Crippen LogP contribution in [0.2, 0.25) is 0 Å². The molecule has 0 amide bonds. The van der Waals surface area contributed by atoms with E-state index < -0.39 is 0 Å². The van der Waals surface area contributed by atoms with Crippen LogP contribution in [0.5, 0.6) is 0 Å². The maximum Gasteiger partial charge on any atom is 0.103 e. The van der Waals surface area contributed by atoms with Crippen LogP contribution in [0, 0.1) is 11.3 Å². The number of hydrogen-bond acceptors (Lipinski definition) is 4. The van der Waals surface area contributed by atoms with Crippen LogP contribution in [0.1, 0.15) is 18.4 Å². The molecule has 20 heavy (non-hydrogen) atoms. The molecule has 5 heteroatoms. The highest BCUT2D eigenvalue weighted by Gasteiger charge is 2.32. The molecule has 2 fully saturated rings. The van der Waals surface area contributed by atoms with E-state index in [1.165, 1.54) is 19.4 Å². The Labute approximate surface area is 127 Å². The molecule has 3 rings (SSSR count). The van der Waals surface area contributed by atoms with Crippen LogP contribution in [0.25, 0.3) is 0 Å². The third-order valence-electron chi connectivity index (χ3n) is 4.11. The molecular weight excluding hydrogens is 318 g/mol. The van der Waals surface area contributed by atoms with Crippen molar-refractivity contribution in [2.45, 2.75) is 25.0 Å². The van der Waals surface area contributed by atoms with Gasteiger partial charge in [0.15, 0.2) is 0 Å². The average Bonchev–Trinajstić information content (AvgIpc) is 2.92. The first-order valence-corrected chi connectivity index (χ1v) is 7.85. The van der Waals surface area contributed by atoms with Gasteiger partial charge < -0.3 is 10.1 Å². The van der Waals surface area contributed by atoms with Gasteiger partial charge in [-0.25, -0.2) is 0 Å². The van der Waals surface area contributed by atoms with E-state index in [9.17, 15) is 5.26 Å². The van der Waals surface area contributed by atoms with Crippen LogP contribution in [0.4, 0.5) is 5.69 Å². The van der Waals surface area contributed by atoms with Gasteiger partial charge in [-0.2, -0.15) is 5.26 Å². The molecule has 0 spiro atoms. The lowest BCUT2D eigenvalue weighted by molar-refractivity contribution is -0.0415. The van der Waals surface area contributed by atoms with Crippen molar-refractivity contribution in [3.8, 4) is 6.07 Å². The molecule has 0 radical (unpaired) electrons. The number of nitrogens with one attached hydrogen (secondary N) is 1. The average molecular weight is 336 g/mol. The van der Waals surface area contributed by atoms with Gasteiger partial charge in [-0.15, -0.1) is 0 Å². The molecule has 2 atom stereocenters. The Kier molecular flexibility index (Phi) is 4.25. The van der Waals surface area contributed by atoms with Crippen LogP contribution >= 0.6 is 15.9 Å². The van der Waals surface area contributed by atoms with E-state index in [2.05, 4.69) is 32.2 Å². The summed E-state index contributed by atoms with van der Waals surface area (Å²) in [5, 5.41) is 12.6. The number of anilines is 1. The van der Waals surface area contributed by atoms with Gasteiger partial charge in [0.05, 0.1) is 24.0 Å². The molecule has 2 unspecified atom stereocenters. The molecule has 0 aromatic heterocycles. The monoisotopic (exact) mass is 335 g/mol. The van der Waals surface area contributed by atoms with Crippen molar-refractivity contribution in [2.24, 2.45) is 0 Å².